The quantitative estimate of drug-likeness (QED) is 0.787. The van der Waals surface area contributed by atoms with Crippen LogP contribution in [-0.2, 0) is 0 Å². The summed E-state index contributed by atoms with van der Waals surface area (Å²) in [5.41, 5.74) is 3.65. The molecule has 132 valence electrons. The number of carbonyl (C=O) groups is 1. The fourth-order valence-electron chi connectivity index (χ4n) is 3.67. The van der Waals surface area contributed by atoms with Crippen LogP contribution in [0.5, 0.6) is 0 Å². The first kappa shape index (κ1) is 16.5. The molecule has 0 bridgehead atoms. The molecular weight excluding hydrogens is 324 g/mol. The number of aryl methyl sites for hydroxylation is 1. The molecule has 5 heteroatoms. The monoisotopic (exact) mass is 346 g/mol. The number of likely N-dealkylation sites (tertiary alicyclic amines) is 1. The first-order chi connectivity index (χ1) is 12.7. The lowest BCUT2D eigenvalue weighted by Gasteiger charge is -2.17. The molecule has 3 aromatic rings. The van der Waals surface area contributed by atoms with Gasteiger partial charge in [0.15, 0.2) is 0 Å². The van der Waals surface area contributed by atoms with Crippen LogP contribution in [0.25, 0.3) is 10.8 Å². The minimum atomic E-state index is 0.00536. The van der Waals surface area contributed by atoms with Crippen molar-refractivity contribution in [2.24, 2.45) is 0 Å². The number of fused-ring (bicyclic) bond motifs is 1. The number of nitrogens with zero attached hydrogens (tertiary/aromatic N) is 3. The second-order valence-corrected chi connectivity index (χ2v) is 6.79. The van der Waals surface area contributed by atoms with Crippen LogP contribution in [0.4, 0.5) is 5.69 Å². The second kappa shape index (κ2) is 6.75. The molecule has 0 aliphatic carbocycles. The van der Waals surface area contributed by atoms with Gasteiger partial charge < -0.3 is 10.2 Å². The number of amides is 1. The summed E-state index contributed by atoms with van der Waals surface area (Å²) in [7, 11) is 1.91. The van der Waals surface area contributed by atoms with Gasteiger partial charge in [-0.1, -0.05) is 24.3 Å². The Labute approximate surface area is 153 Å². The predicted octanol–water partition coefficient (Wildman–Crippen LogP) is 3.61. The topological polar surface area (TPSA) is 58.1 Å². The van der Waals surface area contributed by atoms with E-state index in [4.69, 9.17) is 0 Å². The lowest BCUT2D eigenvalue weighted by molar-refractivity contribution is 0.0787. The van der Waals surface area contributed by atoms with E-state index in [1.807, 2.05) is 55.3 Å². The minimum absolute atomic E-state index is 0.00536. The van der Waals surface area contributed by atoms with Crippen molar-refractivity contribution in [3.63, 3.8) is 0 Å². The molecule has 1 aliphatic rings. The lowest BCUT2D eigenvalue weighted by atomic mass is 10.0. The molecule has 2 aromatic heterocycles. The van der Waals surface area contributed by atoms with Gasteiger partial charge in [-0.2, -0.15) is 0 Å². The number of carbonyl (C=O) groups excluding carboxylic acids is 1. The SMILES string of the molecule is CNc1cc(C)nc([C@H]2CCN(C(=O)c3nccc4ccccc34)C2)c1. The minimum Gasteiger partial charge on any atom is -0.388 e. The van der Waals surface area contributed by atoms with Crippen molar-refractivity contribution in [1.29, 1.82) is 0 Å². The standard InChI is InChI=1S/C21H22N4O/c1-14-11-17(22-2)12-19(24-14)16-8-10-25(13-16)21(26)20-18-6-4-3-5-15(18)7-9-23-20/h3-7,9,11-12,16H,8,10,13H2,1-2H3,(H,22,24)/t16-/m0/s1. The highest BCUT2D eigenvalue weighted by molar-refractivity contribution is 6.05. The van der Waals surface area contributed by atoms with E-state index in [1.165, 1.54) is 0 Å². The van der Waals surface area contributed by atoms with Crippen molar-refractivity contribution in [3.05, 3.63) is 65.7 Å². The normalized spacial score (nSPS) is 16.8. The molecule has 0 radical (unpaired) electrons. The van der Waals surface area contributed by atoms with E-state index < -0.39 is 0 Å². The van der Waals surface area contributed by atoms with Crippen molar-refractivity contribution in [3.8, 4) is 0 Å². The summed E-state index contributed by atoms with van der Waals surface area (Å²) in [5, 5.41) is 5.13. The number of hydrogen-bond donors (Lipinski definition) is 1. The summed E-state index contributed by atoms with van der Waals surface area (Å²) < 4.78 is 0. The fourth-order valence-corrected chi connectivity index (χ4v) is 3.67. The number of anilines is 1. The van der Waals surface area contributed by atoms with Crippen molar-refractivity contribution in [1.82, 2.24) is 14.9 Å². The Bertz CT molecular complexity index is 964. The summed E-state index contributed by atoms with van der Waals surface area (Å²) in [6.45, 7) is 3.42. The number of rotatable bonds is 3. The number of nitrogens with one attached hydrogen (secondary N) is 1. The Morgan fingerprint density at radius 3 is 2.92 bits per heavy atom. The van der Waals surface area contributed by atoms with Gasteiger partial charge in [0.25, 0.3) is 5.91 Å². The van der Waals surface area contributed by atoms with Gasteiger partial charge in [-0.05, 0) is 36.9 Å². The maximum Gasteiger partial charge on any atom is 0.273 e. The van der Waals surface area contributed by atoms with Gasteiger partial charge >= 0.3 is 0 Å². The average Bonchev–Trinajstić information content (AvgIpc) is 3.16. The Morgan fingerprint density at radius 1 is 1.23 bits per heavy atom. The summed E-state index contributed by atoms with van der Waals surface area (Å²) in [5.74, 6) is 0.270. The van der Waals surface area contributed by atoms with Gasteiger partial charge in [-0.25, -0.2) is 0 Å². The largest absolute Gasteiger partial charge is 0.388 e. The Balaban J connectivity index is 1.59. The molecular formula is C21H22N4O. The first-order valence-corrected chi connectivity index (χ1v) is 8.95. The van der Waals surface area contributed by atoms with Crippen LogP contribution in [-0.4, -0.2) is 40.9 Å². The van der Waals surface area contributed by atoms with Crippen LogP contribution in [0.1, 0.15) is 34.2 Å². The molecule has 3 heterocycles. The van der Waals surface area contributed by atoms with E-state index in [0.29, 0.717) is 12.2 Å². The Morgan fingerprint density at radius 2 is 2.08 bits per heavy atom. The average molecular weight is 346 g/mol. The van der Waals surface area contributed by atoms with E-state index >= 15 is 0 Å². The van der Waals surface area contributed by atoms with Crippen LogP contribution >= 0.6 is 0 Å². The van der Waals surface area contributed by atoms with Gasteiger partial charge in [-0.15, -0.1) is 0 Å². The number of benzene rings is 1. The van der Waals surface area contributed by atoms with E-state index in [2.05, 4.69) is 21.4 Å². The third kappa shape index (κ3) is 3.01. The van der Waals surface area contributed by atoms with Crippen LogP contribution < -0.4 is 5.32 Å². The third-order valence-electron chi connectivity index (χ3n) is 5.03. The van der Waals surface area contributed by atoms with E-state index in [9.17, 15) is 4.79 Å². The highest BCUT2D eigenvalue weighted by Crippen LogP contribution is 2.29. The number of hydrogen-bond acceptors (Lipinski definition) is 4. The first-order valence-electron chi connectivity index (χ1n) is 8.95. The summed E-state index contributed by atoms with van der Waals surface area (Å²) in [4.78, 5) is 24.0. The van der Waals surface area contributed by atoms with Crippen molar-refractivity contribution < 1.29 is 4.79 Å². The van der Waals surface area contributed by atoms with Gasteiger partial charge in [0, 0.05) is 54.7 Å². The molecule has 1 N–H and O–H groups in total. The van der Waals surface area contributed by atoms with Gasteiger partial charge in [0.05, 0.1) is 0 Å². The molecule has 5 nitrogen and oxygen atoms in total. The maximum atomic E-state index is 13.1. The lowest BCUT2D eigenvalue weighted by Crippen LogP contribution is -2.29. The van der Waals surface area contributed by atoms with Gasteiger partial charge in [-0.3, -0.25) is 14.8 Å². The van der Waals surface area contributed by atoms with E-state index in [-0.39, 0.29) is 11.8 Å². The van der Waals surface area contributed by atoms with Crippen molar-refractivity contribution in [2.45, 2.75) is 19.3 Å². The van der Waals surface area contributed by atoms with Crippen LogP contribution in [0.15, 0.2) is 48.7 Å². The van der Waals surface area contributed by atoms with Crippen LogP contribution in [0, 0.1) is 6.92 Å². The molecule has 1 aromatic carbocycles. The zero-order chi connectivity index (χ0) is 18.1. The third-order valence-corrected chi connectivity index (χ3v) is 5.03. The zero-order valence-electron chi connectivity index (χ0n) is 15.1. The maximum absolute atomic E-state index is 13.1. The van der Waals surface area contributed by atoms with E-state index in [1.54, 1.807) is 6.20 Å². The molecule has 4 rings (SSSR count). The van der Waals surface area contributed by atoms with Crippen LogP contribution in [0.3, 0.4) is 0 Å². The number of aromatic nitrogens is 2. The van der Waals surface area contributed by atoms with E-state index in [0.717, 1.165) is 40.8 Å². The molecule has 0 saturated carbocycles. The molecule has 26 heavy (non-hydrogen) atoms. The molecule has 1 amide bonds. The van der Waals surface area contributed by atoms with Gasteiger partial charge in [0.2, 0.25) is 0 Å². The predicted molar refractivity (Wildman–Crippen MR) is 104 cm³/mol. The molecule has 0 unspecified atom stereocenters. The highest BCUT2D eigenvalue weighted by atomic mass is 16.2. The van der Waals surface area contributed by atoms with Crippen LogP contribution in [0.2, 0.25) is 0 Å². The highest BCUT2D eigenvalue weighted by Gasteiger charge is 2.30. The molecule has 1 saturated heterocycles. The fraction of sp³-hybridized carbons (Fsp3) is 0.286. The molecule has 1 fully saturated rings. The molecule has 1 aliphatic heterocycles. The van der Waals surface area contributed by atoms with Crippen molar-refractivity contribution in [2.75, 3.05) is 25.5 Å². The molecule has 1 atom stereocenters. The summed E-state index contributed by atoms with van der Waals surface area (Å²) >= 11 is 0. The van der Waals surface area contributed by atoms with Crippen molar-refractivity contribution >= 4 is 22.4 Å². The molecule has 0 spiro atoms. The summed E-state index contributed by atoms with van der Waals surface area (Å²) in [6, 6.07) is 14.0. The summed E-state index contributed by atoms with van der Waals surface area (Å²) in [6.07, 6.45) is 2.64. The number of pyridine rings is 2. The Kier molecular flexibility index (Phi) is 4.29. The second-order valence-electron chi connectivity index (χ2n) is 6.79. The Hall–Kier alpha value is -2.95. The van der Waals surface area contributed by atoms with Gasteiger partial charge in [0.1, 0.15) is 5.69 Å². The smallest absolute Gasteiger partial charge is 0.273 e. The zero-order valence-corrected chi connectivity index (χ0v) is 15.1.